The van der Waals surface area contributed by atoms with E-state index in [0.29, 0.717) is 17.9 Å². The Labute approximate surface area is 111 Å². The van der Waals surface area contributed by atoms with Crippen molar-refractivity contribution in [3.8, 4) is 0 Å². The largest absolute Gasteiger partial charge is 0.396 e. The first-order valence-corrected chi connectivity index (χ1v) is 6.65. The zero-order chi connectivity index (χ0) is 13.2. The van der Waals surface area contributed by atoms with Gasteiger partial charge in [0.2, 0.25) is 0 Å². The van der Waals surface area contributed by atoms with E-state index >= 15 is 0 Å². The zero-order valence-corrected chi connectivity index (χ0v) is 10.7. The molecule has 1 aliphatic rings. The van der Waals surface area contributed by atoms with Crippen LogP contribution in [0.1, 0.15) is 23.5 Å². The summed E-state index contributed by atoms with van der Waals surface area (Å²) in [6.45, 7) is 1.10. The number of fused-ring (bicyclic) bond motifs is 1. The molecule has 100 valence electrons. The quantitative estimate of drug-likeness (QED) is 0.918. The molecule has 1 aromatic heterocycles. The molecule has 0 saturated heterocycles. The van der Waals surface area contributed by atoms with Crippen molar-refractivity contribution < 1.29 is 9.50 Å². The predicted molar refractivity (Wildman–Crippen MR) is 70.3 cm³/mol. The van der Waals surface area contributed by atoms with E-state index in [1.165, 1.54) is 6.07 Å². The van der Waals surface area contributed by atoms with Gasteiger partial charge in [-0.25, -0.2) is 9.37 Å². The SMILES string of the molecule is OCC1CCn2c(cnc2Cc2ccccc2F)C1. The van der Waals surface area contributed by atoms with Gasteiger partial charge in [-0.2, -0.15) is 0 Å². The highest BCUT2D eigenvalue weighted by atomic mass is 19.1. The van der Waals surface area contributed by atoms with Crippen LogP contribution in [0.5, 0.6) is 0 Å². The van der Waals surface area contributed by atoms with Gasteiger partial charge in [0.25, 0.3) is 0 Å². The maximum Gasteiger partial charge on any atom is 0.126 e. The van der Waals surface area contributed by atoms with E-state index in [-0.39, 0.29) is 12.4 Å². The van der Waals surface area contributed by atoms with Crippen LogP contribution >= 0.6 is 0 Å². The normalized spacial score (nSPS) is 18.3. The summed E-state index contributed by atoms with van der Waals surface area (Å²) in [6.07, 6.45) is 4.21. The number of hydrogen-bond donors (Lipinski definition) is 1. The van der Waals surface area contributed by atoms with Crippen molar-refractivity contribution in [1.29, 1.82) is 0 Å². The van der Waals surface area contributed by atoms with Crippen LogP contribution in [0.2, 0.25) is 0 Å². The van der Waals surface area contributed by atoms with Crippen molar-refractivity contribution in [3.63, 3.8) is 0 Å². The van der Waals surface area contributed by atoms with E-state index in [0.717, 1.165) is 30.9 Å². The Morgan fingerprint density at radius 2 is 2.21 bits per heavy atom. The van der Waals surface area contributed by atoms with Crippen LogP contribution in [0.3, 0.4) is 0 Å². The van der Waals surface area contributed by atoms with Crippen molar-refractivity contribution in [3.05, 3.63) is 53.4 Å². The molecule has 4 heteroatoms. The van der Waals surface area contributed by atoms with Gasteiger partial charge < -0.3 is 9.67 Å². The maximum absolute atomic E-state index is 13.7. The highest BCUT2D eigenvalue weighted by Gasteiger charge is 2.21. The third-order valence-corrected chi connectivity index (χ3v) is 3.84. The number of benzene rings is 1. The minimum Gasteiger partial charge on any atom is -0.396 e. The van der Waals surface area contributed by atoms with Crippen LogP contribution in [0.15, 0.2) is 30.5 Å². The fraction of sp³-hybridized carbons (Fsp3) is 0.400. The second-order valence-electron chi connectivity index (χ2n) is 5.13. The lowest BCUT2D eigenvalue weighted by Gasteiger charge is -2.23. The summed E-state index contributed by atoms with van der Waals surface area (Å²) >= 11 is 0. The van der Waals surface area contributed by atoms with Crippen LogP contribution in [-0.4, -0.2) is 21.3 Å². The summed E-state index contributed by atoms with van der Waals surface area (Å²) in [7, 11) is 0. The number of imidazole rings is 1. The van der Waals surface area contributed by atoms with Gasteiger partial charge in [-0.3, -0.25) is 0 Å². The molecule has 3 rings (SSSR count). The summed E-state index contributed by atoms with van der Waals surface area (Å²) < 4.78 is 15.8. The molecule has 1 unspecified atom stereocenters. The molecule has 0 amide bonds. The van der Waals surface area contributed by atoms with Crippen LogP contribution in [0.25, 0.3) is 0 Å². The van der Waals surface area contributed by atoms with Gasteiger partial charge >= 0.3 is 0 Å². The van der Waals surface area contributed by atoms with Crippen LogP contribution in [0, 0.1) is 11.7 Å². The zero-order valence-electron chi connectivity index (χ0n) is 10.7. The van der Waals surface area contributed by atoms with Crippen molar-refractivity contribution in [2.75, 3.05) is 6.61 Å². The summed E-state index contributed by atoms with van der Waals surface area (Å²) in [6, 6.07) is 6.83. The fourth-order valence-corrected chi connectivity index (χ4v) is 2.71. The predicted octanol–water partition coefficient (Wildman–Crippen LogP) is 2.17. The minimum atomic E-state index is -0.177. The molecule has 1 N–H and O–H groups in total. The average Bonchev–Trinajstić information content (AvgIpc) is 2.83. The second-order valence-corrected chi connectivity index (χ2v) is 5.13. The highest BCUT2D eigenvalue weighted by molar-refractivity contribution is 5.23. The molecular weight excluding hydrogens is 243 g/mol. The van der Waals surface area contributed by atoms with Crippen LogP contribution in [0.4, 0.5) is 4.39 Å². The molecule has 19 heavy (non-hydrogen) atoms. The van der Waals surface area contributed by atoms with Crippen LogP contribution < -0.4 is 0 Å². The molecule has 0 spiro atoms. The van der Waals surface area contributed by atoms with Crippen LogP contribution in [-0.2, 0) is 19.4 Å². The number of hydrogen-bond acceptors (Lipinski definition) is 2. The number of aliphatic hydroxyl groups excluding tert-OH is 1. The molecule has 0 saturated carbocycles. The van der Waals surface area contributed by atoms with Gasteiger partial charge in [-0.15, -0.1) is 0 Å². The van der Waals surface area contributed by atoms with Crippen molar-refractivity contribution in [2.45, 2.75) is 25.8 Å². The summed E-state index contributed by atoms with van der Waals surface area (Å²) in [4.78, 5) is 4.42. The molecule has 3 nitrogen and oxygen atoms in total. The third-order valence-electron chi connectivity index (χ3n) is 3.84. The van der Waals surface area contributed by atoms with E-state index < -0.39 is 0 Å². The Balaban J connectivity index is 1.84. The molecule has 0 aliphatic carbocycles. The van der Waals surface area contributed by atoms with Gasteiger partial charge in [0.1, 0.15) is 11.6 Å². The Hall–Kier alpha value is -1.68. The highest BCUT2D eigenvalue weighted by Crippen LogP contribution is 2.23. The Morgan fingerprint density at radius 1 is 1.37 bits per heavy atom. The summed E-state index contributed by atoms with van der Waals surface area (Å²) in [5.41, 5.74) is 1.83. The van der Waals surface area contributed by atoms with Crippen molar-refractivity contribution >= 4 is 0 Å². The second kappa shape index (κ2) is 5.13. The molecule has 1 aromatic carbocycles. The first kappa shape index (κ1) is 12.4. The molecule has 0 bridgehead atoms. The molecule has 2 aromatic rings. The molecule has 0 fully saturated rings. The van der Waals surface area contributed by atoms with Crippen molar-refractivity contribution in [1.82, 2.24) is 9.55 Å². The summed E-state index contributed by atoms with van der Waals surface area (Å²) in [5, 5.41) is 9.22. The standard InChI is InChI=1S/C15H17FN2O/c16-14-4-2-1-3-12(14)8-15-17-9-13-7-11(10-19)5-6-18(13)15/h1-4,9,11,19H,5-8,10H2. The number of halogens is 1. The fourth-order valence-electron chi connectivity index (χ4n) is 2.71. The first-order valence-electron chi connectivity index (χ1n) is 6.65. The van der Waals surface area contributed by atoms with E-state index in [4.69, 9.17) is 0 Å². The molecule has 1 aliphatic heterocycles. The Kier molecular flexibility index (Phi) is 3.34. The van der Waals surface area contributed by atoms with E-state index in [9.17, 15) is 9.50 Å². The molecule has 0 radical (unpaired) electrons. The Morgan fingerprint density at radius 3 is 3.00 bits per heavy atom. The first-order chi connectivity index (χ1) is 9.28. The van der Waals surface area contributed by atoms with Gasteiger partial charge in [-0.05, 0) is 30.4 Å². The lowest BCUT2D eigenvalue weighted by Crippen LogP contribution is -2.22. The number of aromatic nitrogens is 2. The van der Waals surface area contributed by atoms with Crippen molar-refractivity contribution in [2.24, 2.45) is 5.92 Å². The summed E-state index contributed by atoms with van der Waals surface area (Å²) in [5.74, 6) is 1.07. The monoisotopic (exact) mass is 260 g/mol. The maximum atomic E-state index is 13.7. The lowest BCUT2D eigenvalue weighted by atomic mass is 9.97. The molecule has 1 atom stereocenters. The van der Waals surface area contributed by atoms with E-state index in [2.05, 4.69) is 9.55 Å². The number of aliphatic hydroxyl groups is 1. The third kappa shape index (κ3) is 2.40. The van der Waals surface area contributed by atoms with E-state index in [1.54, 1.807) is 12.1 Å². The number of nitrogens with zero attached hydrogens (tertiary/aromatic N) is 2. The minimum absolute atomic E-state index is 0.177. The van der Waals surface area contributed by atoms with Gasteiger partial charge in [0.05, 0.1) is 0 Å². The smallest absolute Gasteiger partial charge is 0.126 e. The van der Waals surface area contributed by atoms with Gasteiger partial charge in [-0.1, -0.05) is 18.2 Å². The molecule has 2 heterocycles. The number of rotatable bonds is 3. The van der Waals surface area contributed by atoms with E-state index in [1.807, 2.05) is 12.3 Å². The van der Waals surface area contributed by atoms with Gasteiger partial charge in [0, 0.05) is 31.5 Å². The Bertz CT molecular complexity index is 579. The lowest BCUT2D eigenvalue weighted by molar-refractivity contribution is 0.200. The molecular formula is C15H17FN2O. The average molecular weight is 260 g/mol. The topological polar surface area (TPSA) is 38.0 Å². The van der Waals surface area contributed by atoms with Gasteiger partial charge in [0.15, 0.2) is 0 Å².